The molecule has 4 N–H and O–H groups in total. The molecule has 0 radical (unpaired) electrons. The summed E-state index contributed by atoms with van der Waals surface area (Å²) in [5.41, 5.74) is 4.17. The number of aliphatic hydroxyl groups excluding tert-OH is 1. The maximum Gasteiger partial charge on any atom is 0.407 e. The molecule has 3 aliphatic rings. The molecule has 2 heterocycles. The van der Waals surface area contributed by atoms with Crippen LogP contribution in [0.3, 0.4) is 0 Å². The number of alkyl carbamates (subject to hydrolysis) is 1. The Kier molecular flexibility index (Phi) is 14.3. The molecule has 2 fully saturated rings. The number of thiazole rings is 1. The number of fused-ring (bicyclic) bond motifs is 1. The number of amides is 4. The predicted octanol–water partition coefficient (Wildman–Crippen LogP) is 5.73. The highest BCUT2D eigenvalue weighted by molar-refractivity contribution is 7.13. The van der Waals surface area contributed by atoms with Crippen molar-refractivity contribution >= 4 is 35.2 Å². The Morgan fingerprint density at radius 1 is 1.00 bits per heavy atom. The molecular weight excluding hydrogens is 691 g/mol. The molecule has 1 saturated heterocycles. The molecule has 0 spiro atoms. The Morgan fingerprint density at radius 3 is 2.34 bits per heavy atom. The van der Waals surface area contributed by atoms with E-state index in [0.717, 1.165) is 73.1 Å². The van der Waals surface area contributed by atoms with Crippen LogP contribution in [0.2, 0.25) is 0 Å². The number of ether oxygens (including phenoxy) is 1. The number of aryl methyl sites for hydroxylation is 1. The van der Waals surface area contributed by atoms with Crippen LogP contribution in [0.15, 0.2) is 29.8 Å². The van der Waals surface area contributed by atoms with Gasteiger partial charge in [-0.25, -0.2) is 9.78 Å². The normalized spacial score (nSPS) is 22.7. The average molecular weight is 748 g/mol. The average Bonchev–Trinajstić information content (AvgIpc) is 3.36. The Bertz CT molecular complexity index is 1610. The van der Waals surface area contributed by atoms with Gasteiger partial charge < -0.3 is 30.7 Å². The van der Waals surface area contributed by atoms with Crippen LogP contribution >= 0.6 is 11.3 Å². The minimum Gasteiger partial charge on any atom is -0.449 e. The number of β-amino-alcohol motifs (C(OH)–C–C–N with tert-alkyl or cyclic N) is 1. The van der Waals surface area contributed by atoms with Crippen LogP contribution in [-0.2, 0) is 25.7 Å². The number of carbonyl (C=O) groups excluding carboxylic acids is 4. The van der Waals surface area contributed by atoms with Crippen molar-refractivity contribution in [3.63, 3.8) is 0 Å². The number of carbonyl (C=O) groups is 4. The molecule has 288 valence electrons. The molecule has 1 aliphatic heterocycles. The Labute approximate surface area is 318 Å². The van der Waals surface area contributed by atoms with E-state index in [9.17, 15) is 24.3 Å². The first kappa shape index (κ1) is 40.2. The molecule has 4 amide bonds. The largest absolute Gasteiger partial charge is 0.449 e. The van der Waals surface area contributed by atoms with Crippen molar-refractivity contribution < 1.29 is 29.0 Å². The molecule has 2 aliphatic carbocycles. The molecule has 6 atom stereocenters. The van der Waals surface area contributed by atoms with E-state index < -0.39 is 23.6 Å². The van der Waals surface area contributed by atoms with Gasteiger partial charge in [0, 0.05) is 45.3 Å². The van der Waals surface area contributed by atoms with Crippen molar-refractivity contribution in [2.24, 2.45) is 23.2 Å². The van der Waals surface area contributed by atoms with Crippen LogP contribution < -0.4 is 16.0 Å². The fourth-order valence-electron chi connectivity index (χ4n) is 7.65. The molecule has 11 nitrogen and oxygen atoms in total. The summed E-state index contributed by atoms with van der Waals surface area (Å²) in [6, 6.07) is 6.25. The first-order valence-corrected chi connectivity index (χ1v) is 20.2. The van der Waals surface area contributed by atoms with Gasteiger partial charge in [-0.2, -0.15) is 0 Å². The van der Waals surface area contributed by atoms with Gasteiger partial charge in [0.2, 0.25) is 17.7 Å². The zero-order valence-electron chi connectivity index (χ0n) is 31.7. The molecule has 0 bridgehead atoms. The van der Waals surface area contributed by atoms with Gasteiger partial charge in [-0.3, -0.25) is 14.4 Å². The lowest BCUT2D eigenvalue weighted by atomic mass is 9.85. The third-order valence-electron chi connectivity index (χ3n) is 10.8. The van der Waals surface area contributed by atoms with Gasteiger partial charge in [0.15, 0.2) is 0 Å². The second-order valence-electron chi connectivity index (χ2n) is 15.9. The second-order valence-corrected chi connectivity index (χ2v) is 16.8. The van der Waals surface area contributed by atoms with Gasteiger partial charge >= 0.3 is 6.09 Å². The molecular formula is C41H57N5O6S. The number of aliphatic hydroxyl groups is 1. The van der Waals surface area contributed by atoms with E-state index in [2.05, 4.69) is 32.8 Å². The summed E-state index contributed by atoms with van der Waals surface area (Å²) in [5.74, 6) is 7.30. The number of rotatable bonds is 16. The number of nitrogens with one attached hydrogen (secondary N) is 3. The third kappa shape index (κ3) is 11.5. The predicted molar refractivity (Wildman–Crippen MR) is 205 cm³/mol. The Morgan fingerprint density at radius 2 is 1.68 bits per heavy atom. The quantitative estimate of drug-likeness (QED) is 0.127. The van der Waals surface area contributed by atoms with E-state index >= 15 is 0 Å². The number of nitrogens with zero attached hydrogens (tertiary/aromatic N) is 2. The number of aromatic nitrogens is 1. The standard InChI is InChI=1S/C41H57N5O6S/c1-27-36(53-26-44-27)29-19-17-28(18-20-29)23-43-38(49)34-22-30(47)24-46(34)39(50)37(41(2,3)4)45-35(48)16-12-6-5-9-13-21-42-40(51)52-25-33-31-14-10-7-8-11-15-32(31)33/h17-20,26,30-34,37,47H,5-6,9-16,21-25H2,1-4H3,(H,42,51)(H,43,49)(H,45,48)/t30-,31-,32+,33?,34+,37-/m1/s1. The van der Waals surface area contributed by atoms with Gasteiger partial charge in [-0.1, -0.05) is 64.3 Å². The maximum absolute atomic E-state index is 13.9. The molecule has 5 rings (SSSR count). The van der Waals surface area contributed by atoms with Gasteiger partial charge in [0.1, 0.15) is 12.1 Å². The van der Waals surface area contributed by atoms with E-state index in [1.807, 2.05) is 57.5 Å². The van der Waals surface area contributed by atoms with E-state index in [1.54, 1.807) is 11.3 Å². The number of benzene rings is 1. The summed E-state index contributed by atoms with van der Waals surface area (Å²) in [7, 11) is 0. The topological polar surface area (TPSA) is 150 Å². The smallest absolute Gasteiger partial charge is 0.407 e. The van der Waals surface area contributed by atoms with E-state index in [-0.39, 0.29) is 49.7 Å². The van der Waals surface area contributed by atoms with Gasteiger partial charge in [-0.05, 0) is 66.9 Å². The maximum atomic E-state index is 13.9. The van der Waals surface area contributed by atoms with Gasteiger partial charge in [0.05, 0.1) is 28.8 Å². The molecule has 53 heavy (non-hydrogen) atoms. The molecule has 1 aromatic heterocycles. The van der Waals surface area contributed by atoms with Crippen molar-refractivity contribution in [1.29, 1.82) is 0 Å². The number of hydrogen-bond donors (Lipinski definition) is 4. The van der Waals surface area contributed by atoms with Crippen molar-refractivity contribution in [2.45, 2.75) is 123 Å². The van der Waals surface area contributed by atoms with Crippen LogP contribution in [-0.4, -0.2) is 76.7 Å². The minimum atomic E-state index is -0.851. The van der Waals surface area contributed by atoms with Crippen molar-refractivity contribution in [3.8, 4) is 22.3 Å². The third-order valence-corrected chi connectivity index (χ3v) is 11.8. The first-order valence-electron chi connectivity index (χ1n) is 19.3. The fraction of sp³-hybridized carbons (Fsp3) is 0.634. The lowest BCUT2D eigenvalue weighted by Gasteiger charge is -2.35. The zero-order valence-corrected chi connectivity index (χ0v) is 32.6. The van der Waals surface area contributed by atoms with E-state index in [0.29, 0.717) is 37.3 Å². The highest BCUT2D eigenvalue weighted by Crippen LogP contribution is 2.52. The van der Waals surface area contributed by atoms with Crippen LogP contribution in [0, 0.1) is 41.9 Å². The molecule has 1 saturated carbocycles. The number of likely N-dealkylation sites (tertiary alicyclic amines) is 1. The summed E-state index contributed by atoms with van der Waals surface area (Å²) in [4.78, 5) is 59.3. The first-order chi connectivity index (χ1) is 25.4. The van der Waals surface area contributed by atoms with Crippen LogP contribution in [0.1, 0.15) is 103 Å². The van der Waals surface area contributed by atoms with E-state index in [1.165, 1.54) is 4.90 Å². The van der Waals surface area contributed by atoms with Crippen LogP contribution in [0.25, 0.3) is 10.4 Å². The lowest BCUT2D eigenvalue weighted by Crippen LogP contribution is -2.57. The van der Waals surface area contributed by atoms with Crippen LogP contribution in [0.5, 0.6) is 0 Å². The van der Waals surface area contributed by atoms with Gasteiger partial charge in [-0.15, -0.1) is 23.2 Å². The molecule has 1 unspecified atom stereocenters. The zero-order chi connectivity index (χ0) is 38.0. The second kappa shape index (κ2) is 18.9. The van der Waals surface area contributed by atoms with Crippen LogP contribution in [0.4, 0.5) is 4.79 Å². The fourth-order valence-corrected chi connectivity index (χ4v) is 8.46. The summed E-state index contributed by atoms with van der Waals surface area (Å²) in [5, 5.41) is 19.3. The number of hydrogen-bond acceptors (Lipinski definition) is 8. The minimum absolute atomic E-state index is 0.0339. The van der Waals surface area contributed by atoms with Crippen molar-refractivity contribution in [2.75, 3.05) is 19.7 Å². The van der Waals surface area contributed by atoms with Crippen molar-refractivity contribution in [3.05, 3.63) is 41.0 Å². The summed E-state index contributed by atoms with van der Waals surface area (Å²) >= 11 is 1.58. The highest BCUT2D eigenvalue weighted by atomic mass is 32.1. The van der Waals surface area contributed by atoms with E-state index in [4.69, 9.17) is 4.74 Å². The SMILES string of the molecule is Cc1ncsc1-c1ccc(CNC(=O)[C@@H]2C[C@@H](O)CN2C(=O)[C@@H](NC(=O)CCCCCCCNC(=O)OCC2[C@H]3CCC#CCC[C@@H]23)C(C)(C)C)cc1. The monoisotopic (exact) mass is 747 g/mol. The summed E-state index contributed by atoms with van der Waals surface area (Å²) in [6.45, 7) is 9.00. The van der Waals surface area contributed by atoms with Crippen molar-refractivity contribution in [1.82, 2.24) is 25.8 Å². The summed E-state index contributed by atoms with van der Waals surface area (Å²) in [6.07, 6.45) is 7.60. The molecule has 1 aromatic carbocycles. The summed E-state index contributed by atoms with van der Waals surface area (Å²) < 4.78 is 5.49. The lowest BCUT2D eigenvalue weighted by molar-refractivity contribution is -0.144. The Balaban J connectivity index is 0.981. The molecule has 12 heteroatoms. The highest BCUT2D eigenvalue weighted by Gasteiger charge is 2.49. The van der Waals surface area contributed by atoms with Gasteiger partial charge in [0.25, 0.3) is 0 Å². The molecule has 2 aromatic rings. The Hall–Kier alpha value is -3.95. The number of unbranched alkanes of at least 4 members (excludes halogenated alkanes) is 4.